The van der Waals surface area contributed by atoms with Crippen LogP contribution >= 0.6 is 0 Å². The summed E-state index contributed by atoms with van der Waals surface area (Å²) in [4.78, 5) is 12.8. The van der Waals surface area contributed by atoms with E-state index in [2.05, 4.69) is 0 Å². The third-order valence-electron chi connectivity index (χ3n) is 4.70. The lowest BCUT2D eigenvalue weighted by Gasteiger charge is -2.32. The highest BCUT2D eigenvalue weighted by atomic mass is 32.2. The van der Waals surface area contributed by atoms with Crippen molar-refractivity contribution < 1.29 is 18.4 Å². The Morgan fingerprint density at radius 2 is 1.88 bits per heavy atom. The lowest BCUT2D eigenvalue weighted by molar-refractivity contribution is -0.384. The molecule has 0 radical (unpaired) electrons. The molecule has 1 aromatic rings. The molecule has 0 aliphatic carbocycles. The zero-order valence-electron chi connectivity index (χ0n) is 14.6. The maximum Gasteiger partial charge on any atom is 0.293 e. The quantitative estimate of drug-likeness (QED) is 0.579. The normalized spacial score (nSPS) is 16.4. The zero-order chi connectivity index (χ0) is 18.6. The van der Waals surface area contributed by atoms with Crippen LogP contribution in [0.25, 0.3) is 0 Å². The van der Waals surface area contributed by atoms with Gasteiger partial charge in [-0.2, -0.15) is 4.31 Å². The minimum absolute atomic E-state index is 0.0584. The van der Waals surface area contributed by atoms with Crippen LogP contribution in [-0.4, -0.2) is 55.5 Å². The van der Waals surface area contributed by atoms with Crippen LogP contribution in [-0.2, 0) is 10.0 Å². The Labute approximate surface area is 148 Å². The summed E-state index contributed by atoms with van der Waals surface area (Å²) >= 11 is 0. The Bertz CT molecular complexity index is 710. The summed E-state index contributed by atoms with van der Waals surface area (Å²) in [5.74, 6) is 0.220. The van der Waals surface area contributed by atoms with E-state index in [1.807, 2.05) is 4.90 Å². The summed E-state index contributed by atoms with van der Waals surface area (Å²) in [6.07, 6.45) is 1.51. The Balaban J connectivity index is 2.37. The van der Waals surface area contributed by atoms with E-state index in [1.165, 1.54) is 16.4 Å². The molecule has 2 rings (SSSR count). The van der Waals surface area contributed by atoms with Gasteiger partial charge in [-0.15, -0.1) is 0 Å². The number of rotatable bonds is 7. The molecule has 1 aliphatic heterocycles. The molecule has 0 unspecified atom stereocenters. The highest BCUT2D eigenvalue weighted by molar-refractivity contribution is 7.89. The van der Waals surface area contributed by atoms with E-state index in [0.29, 0.717) is 31.9 Å². The standard InChI is InChI=1S/C16H25N3O5S/c1-3-18(4-2)25(23,24)14-5-6-15(16(11-14)19(21)22)17-9-7-13(12-20)8-10-17/h5-6,11,13,20H,3-4,7-10,12H2,1-2H3. The van der Waals surface area contributed by atoms with E-state index >= 15 is 0 Å². The van der Waals surface area contributed by atoms with Gasteiger partial charge in [0.15, 0.2) is 0 Å². The Kier molecular flexibility index (Phi) is 6.36. The second-order valence-electron chi connectivity index (χ2n) is 6.11. The highest BCUT2D eigenvalue weighted by Crippen LogP contribution is 2.34. The van der Waals surface area contributed by atoms with Gasteiger partial charge >= 0.3 is 0 Å². The van der Waals surface area contributed by atoms with Crippen molar-refractivity contribution in [2.45, 2.75) is 31.6 Å². The van der Waals surface area contributed by atoms with Crippen LogP contribution in [0.15, 0.2) is 23.1 Å². The topological polar surface area (TPSA) is 104 Å². The summed E-state index contributed by atoms with van der Waals surface area (Å²) in [5, 5.41) is 20.7. The first-order valence-corrected chi connectivity index (χ1v) is 9.93. The van der Waals surface area contributed by atoms with E-state index in [0.717, 1.165) is 18.9 Å². The molecule has 8 nitrogen and oxygen atoms in total. The minimum atomic E-state index is -3.74. The number of sulfonamides is 1. The third kappa shape index (κ3) is 4.10. The summed E-state index contributed by atoms with van der Waals surface area (Å²) in [6, 6.07) is 4.11. The number of hydrogen-bond acceptors (Lipinski definition) is 6. The fourth-order valence-electron chi connectivity index (χ4n) is 3.15. The number of nitro benzene ring substituents is 1. The lowest BCUT2D eigenvalue weighted by atomic mass is 9.97. The SMILES string of the molecule is CCN(CC)S(=O)(=O)c1ccc(N2CCC(CO)CC2)c([N+](=O)[O-])c1. The molecule has 1 aliphatic rings. The first kappa shape index (κ1) is 19.6. The molecule has 9 heteroatoms. The van der Waals surface area contributed by atoms with E-state index in [1.54, 1.807) is 13.8 Å². The molecule has 140 valence electrons. The molecule has 0 bridgehead atoms. The second-order valence-corrected chi connectivity index (χ2v) is 8.05. The Morgan fingerprint density at radius 1 is 1.28 bits per heavy atom. The number of aliphatic hydroxyl groups is 1. The van der Waals surface area contributed by atoms with Gasteiger partial charge in [0.05, 0.1) is 9.82 Å². The van der Waals surface area contributed by atoms with Crippen molar-refractivity contribution in [3.8, 4) is 0 Å². The van der Waals surface area contributed by atoms with E-state index < -0.39 is 14.9 Å². The number of benzene rings is 1. The summed E-state index contributed by atoms with van der Waals surface area (Å²) < 4.78 is 26.5. The maximum atomic E-state index is 12.6. The first-order valence-electron chi connectivity index (χ1n) is 8.49. The van der Waals surface area contributed by atoms with Gasteiger partial charge in [-0.3, -0.25) is 10.1 Å². The highest BCUT2D eigenvalue weighted by Gasteiger charge is 2.29. The number of hydrogen-bond donors (Lipinski definition) is 1. The van der Waals surface area contributed by atoms with Gasteiger partial charge in [0.2, 0.25) is 10.0 Å². The molecule has 25 heavy (non-hydrogen) atoms. The van der Waals surface area contributed by atoms with E-state index in [4.69, 9.17) is 0 Å². The molecule has 1 heterocycles. The second kappa shape index (κ2) is 8.11. The fraction of sp³-hybridized carbons (Fsp3) is 0.625. The molecule has 1 N–H and O–H groups in total. The molecule has 0 saturated carbocycles. The van der Waals surface area contributed by atoms with Crippen LogP contribution in [0.1, 0.15) is 26.7 Å². The van der Waals surface area contributed by atoms with Crippen molar-refractivity contribution in [2.75, 3.05) is 37.7 Å². The van der Waals surface area contributed by atoms with Crippen molar-refractivity contribution in [3.63, 3.8) is 0 Å². The van der Waals surface area contributed by atoms with Crippen molar-refractivity contribution in [3.05, 3.63) is 28.3 Å². The van der Waals surface area contributed by atoms with Crippen molar-refractivity contribution >= 4 is 21.4 Å². The van der Waals surface area contributed by atoms with Gasteiger partial charge < -0.3 is 10.0 Å². The third-order valence-corrected chi connectivity index (χ3v) is 6.75. The van der Waals surface area contributed by atoms with Gasteiger partial charge in [0, 0.05) is 38.9 Å². The molecular weight excluding hydrogens is 346 g/mol. The van der Waals surface area contributed by atoms with Gasteiger partial charge in [0.1, 0.15) is 5.69 Å². The van der Waals surface area contributed by atoms with Crippen LogP contribution in [0.3, 0.4) is 0 Å². The van der Waals surface area contributed by atoms with Gasteiger partial charge in [-0.1, -0.05) is 13.8 Å². The molecule has 0 atom stereocenters. The average molecular weight is 371 g/mol. The summed E-state index contributed by atoms with van der Waals surface area (Å²) in [5.41, 5.74) is 0.232. The maximum absolute atomic E-state index is 12.6. The average Bonchev–Trinajstić information content (AvgIpc) is 2.62. The fourth-order valence-corrected chi connectivity index (χ4v) is 4.62. The number of aliphatic hydroxyl groups excluding tert-OH is 1. The van der Waals surface area contributed by atoms with Crippen molar-refractivity contribution in [1.82, 2.24) is 4.31 Å². The van der Waals surface area contributed by atoms with Crippen molar-refractivity contribution in [1.29, 1.82) is 0 Å². The number of piperidine rings is 1. The molecule has 0 amide bonds. The monoisotopic (exact) mass is 371 g/mol. The predicted molar refractivity (Wildman–Crippen MR) is 95.2 cm³/mol. The Hall–Kier alpha value is -1.71. The van der Waals surface area contributed by atoms with E-state index in [-0.39, 0.29) is 23.1 Å². The van der Waals surface area contributed by atoms with E-state index in [9.17, 15) is 23.6 Å². The van der Waals surface area contributed by atoms with Crippen LogP contribution in [0, 0.1) is 16.0 Å². The van der Waals surface area contributed by atoms with Crippen molar-refractivity contribution in [2.24, 2.45) is 5.92 Å². The molecule has 0 aromatic heterocycles. The van der Waals surface area contributed by atoms with Gasteiger partial charge in [0.25, 0.3) is 5.69 Å². The smallest absolute Gasteiger partial charge is 0.293 e. The Morgan fingerprint density at radius 3 is 2.36 bits per heavy atom. The van der Waals surface area contributed by atoms with Crippen LogP contribution in [0.2, 0.25) is 0 Å². The number of anilines is 1. The molecule has 1 fully saturated rings. The summed E-state index contributed by atoms with van der Waals surface area (Å²) in [6.45, 7) is 5.41. The first-order chi connectivity index (χ1) is 11.8. The molecule has 1 saturated heterocycles. The minimum Gasteiger partial charge on any atom is -0.396 e. The predicted octanol–water partition coefficient (Wildman–Crippen LogP) is 1.83. The number of nitrogens with zero attached hydrogens (tertiary/aromatic N) is 3. The van der Waals surface area contributed by atoms with Gasteiger partial charge in [-0.05, 0) is 30.9 Å². The summed E-state index contributed by atoms with van der Waals surface area (Å²) in [7, 11) is -3.74. The zero-order valence-corrected chi connectivity index (χ0v) is 15.4. The van der Waals surface area contributed by atoms with Crippen LogP contribution in [0.5, 0.6) is 0 Å². The molecule has 0 spiro atoms. The van der Waals surface area contributed by atoms with Crippen LogP contribution in [0.4, 0.5) is 11.4 Å². The number of nitro groups is 1. The molecule has 1 aromatic carbocycles. The van der Waals surface area contributed by atoms with Gasteiger partial charge in [-0.25, -0.2) is 8.42 Å². The lowest BCUT2D eigenvalue weighted by Crippen LogP contribution is -2.35. The van der Waals surface area contributed by atoms with Crippen LogP contribution < -0.4 is 4.90 Å². The largest absolute Gasteiger partial charge is 0.396 e. The molecular formula is C16H25N3O5S.